The lowest BCUT2D eigenvalue weighted by Crippen LogP contribution is -1.66. The third-order valence-corrected chi connectivity index (χ3v) is 1.10. The quantitative estimate of drug-likeness (QED) is 0.511. The highest BCUT2D eigenvalue weighted by molar-refractivity contribution is 9.10. The number of pyridine rings is 1. The van der Waals surface area contributed by atoms with E-state index in [-0.39, 0.29) is 0 Å². The highest BCUT2D eigenvalue weighted by Gasteiger charge is 1.75. The summed E-state index contributed by atoms with van der Waals surface area (Å²) in [7, 11) is 0. The fraction of sp³-hybridized carbons (Fsp3) is 0.167. The van der Waals surface area contributed by atoms with Crippen LogP contribution >= 0.6 is 31.9 Å². The Hall–Kier alpha value is 0.110. The maximum absolute atomic E-state index is 3.90. The van der Waals surface area contributed by atoms with Crippen molar-refractivity contribution in [3.63, 3.8) is 0 Å². The van der Waals surface area contributed by atoms with Crippen molar-refractivity contribution in [2.24, 2.45) is 0 Å². The Morgan fingerprint density at radius 3 is 2.22 bits per heavy atom. The standard InChI is InChI=1S/C5H4BrN.CH3Br/c6-5-3-1-2-4-7-5;1-2/h1-4H;1H3. The van der Waals surface area contributed by atoms with E-state index in [1.165, 1.54) is 0 Å². The lowest BCUT2D eigenvalue weighted by atomic mass is 10.5. The molecule has 3 heteroatoms. The lowest BCUT2D eigenvalue weighted by molar-refractivity contribution is 1.28. The largest absolute Gasteiger partial charge is 0.249 e. The second-order valence-electron chi connectivity index (χ2n) is 1.15. The molecule has 0 aromatic carbocycles. The summed E-state index contributed by atoms with van der Waals surface area (Å²) in [5, 5.41) is 0. The van der Waals surface area contributed by atoms with E-state index in [0.717, 1.165) is 4.60 Å². The van der Waals surface area contributed by atoms with Crippen LogP contribution in [0.15, 0.2) is 29.0 Å². The molecule has 1 rings (SSSR count). The number of halogens is 2. The van der Waals surface area contributed by atoms with Gasteiger partial charge in [-0.05, 0) is 33.9 Å². The molecule has 0 aliphatic rings. The van der Waals surface area contributed by atoms with Gasteiger partial charge in [-0.25, -0.2) is 4.98 Å². The molecule has 0 N–H and O–H groups in total. The number of nitrogens with zero attached hydrogens (tertiary/aromatic N) is 1. The maximum Gasteiger partial charge on any atom is 0.106 e. The summed E-state index contributed by atoms with van der Waals surface area (Å²) < 4.78 is 0.884. The van der Waals surface area contributed by atoms with Gasteiger partial charge in [-0.15, -0.1) is 0 Å². The Balaban J connectivity index is 0.000000291. The number of aromatic nitrogens is 1. The summed E-state index contributed by atoms with van der Waals surface area (Å²) in [5.74, 6) is 1.81. The summed E-state index contributed by atoms with van der Waals surface area (Å²) in [6, 6.07) is 5.70. The van der Waals surface area contributed by atoms with E-state index < -0.39 is 0 Å². The molecule has 0 aliphatic heterocycles. The van der Waals surface area contributed by atoms with Crippen LogP contribution in [0.5, 0.6) is 0 Å². The van der Waals surface area contributed by atoms with E-state index in [1.807, 2.05) is 24.0 Å². The van der Waals surface area contributed by atoms with Gasteiger partial charge in [-0.2, -0.15) is 0 Å². The van der Waals surface area contributed by atoms with Crippen molar-refractivity contribution in [1.29, 1.82) is 0 Å². The minimum Gasteiger partial charge on any atom is -0.249 e. The Morgan fingerprint density at radius 2 is 2.00 bits per heavy atom. The van der Waals surface area contributed by atoms with Crippen molar-refractivity contribution in [3.05, 3.63) is 29.0 Å². The van der Waals surface area contributed by atoms with Gasteiger partial charge in [0, 0.05) is 6.20 Å². The molecule has 0 unspecified atom stereocenters. The smallest absolute Gasteiger partial charge is 0.106 e. The second kappa shape index (κ2) is 6.23. The van der Waals surface area contributed by atoms with Gasteiger partial charge in [0.2, 0.25) is 0 Å². The predicted molar refractivity (Wildman–Crippen MR) is 46.8 cm³/mol. The zero-order valence-corrected chi connectivity index (χ0v) is 8.18. The fourth-order valence-corrected chi connectivity index (χ4v) is 0.613. The van der Waals surface area contributed by atoms with Crippen LogP contribution in [0.1, 0.15) is 0 Å². The molecule has 0 amide bonds. The summed E-state index contributed by atoms with van der Waals surface area (Å²) in [6.07, 6.45) is 1.74. The molecule has 0 atom stereocenters. The van der Waals surface area contributed by atoms with E-state index >= 15 is 0 Å². The van der Waals surface area contributed by atoms with Gasteiger partial charge in [0.25, 0.3) is 0 Å². The van der Waals surface area contributed by atoms with Crippen LogP contribution in [-0.2, 0) is 0 Å². The van der Waals surface area contributed by atoms with Gasteiger partial charge in [-0.1, -0.05) is 22.0 Å². The van der Waals surface area contributed by atoms with Crippen molar-refractivity contribution >= 4 is 31.9 Å². The lowest BCUT2D eigenvalue weighted by Gasteiger charge is -1.80. The molecule has 1 aromatic heterocycles. The van der Waals surface area contributed by atoms with E-state index in [4.69, 9.17) is 0 Å². The minimum atomic E-state index is 0.884. The summed E-state index contributed by atoms with van der Waals surface area (Å²) >= 11 is 6.14. The van der Waals surface area contributed by atoms with Crippen molar-refractivity contribution in [2.75, 3.05) is 5.83 Å². The first-order valence-corrected chi connectivity index (χ1v) is 4.72. The van der Waals surface area contributed by atoms with Crippen LogP contribution in [0, 0.1) is 0 Å². The van der Waals surface area contributed by atoms with Gasteiger partial charge >= 0.3 is 0 Å². The van der Waals surface area contributed by atoms with Crippen molar-refractivity contribution in [1.82, 2.24) is 4.98 Å². The van der Waals surface area contributed by atoms with E-state index in [2.05, 4.69) is 36.8 Å². The first kappa shape index (κ1) is 9.11. The molecular weight excluding hydrogens is 246 g/mol. The topological polar surface area (TPSA) is 12.9 Å². The molecule has 0 fully saturated rings. The van der Waals surface area contributed by atoms with Crippen molar-refractivity contribution in [3.8, 4) is 0 Å². The normalized spacial score (nSPS) is 7.44. The predicted octanol–water partition coefficient (Wildman–Crippen LogP) is 2.86. The molecule has 1 aromatic rings. The molecule has 0 spiro atoms. The Bertz CT molecular complexity index is 141. The number of hydrogen-bond acceptors (Lipinski definition) is 1. The monoisotopic (exact) mass is 251 g/mol. The molecular formula is C6H7Br2N. The Kier molecular flexibility index (Phi) is 6.31. The summed E-state index contributed by atoms with van der Waals surface area (Å²) in [6.45, 7) is 0. The Morgan fingerprint density at radius 1 is 1.33 bits per heavy atom. The highest BCUT2D eigenvalue weighted by atomic mass is 79.9. The molecule has 0 radical (unpaired) electrons. The summed E-state index contributed by atoms with van der Waals surface area (Å²) in [4.78, 5) is 3.90. The van der Waals surface area contributed by atoms with Crippen LogP contribution in [-0.4, -0.2) is 10.8 Å². The zero-order chi connectivity index (χ0) is 7.11. The second-order valence-corrected chi connectivity index (χ2v) is 1.96. The minimum absolute atomic E-state index is 0.884. The van der Waals surface area contributed by atoms with Gasteiger partial charge in [0.15, 0.2) is 0 Å². The average molecular weight is 253 g/mol. The molecule has 0 bridgehead atoms. The first-order valence-electron chi connectivity index (χ1n) is 2.34. The fourth-order valence-electron chi connectivity index (χ4n) is 0.342. The molecule has 1 nitrogen and oxygen atoms in total. The van der Waals surface area contributed by atoms with Crippen LogP contribution in [0.2, 0.25) is 0 Å². The van der Waals surface area contributed by atoms with Gasteiger partial charge in [0.05, 0.1) is 0 Å². The molecule has 9 heavy (non-hydrogen) atoms. The summed E-state index contributed by atoms with van der Waals surface area (Å²) in [5.41, 5.74) is 0. The highest BCUT2D eigenvalue weighted by Crippen LogP contribution is 2.00. The molecule has 0 saturated heterocycles. The van der Waals surface area contributed by atoms with E-state index in [9.17, 15) is 0 Å². The van der Waals surface area contributed by atoms with E-state index in [0.29, 0.717) is 0 Å². The number of alkyl halides is 1. The van der Waals surface area contributed by atoms with Crippen molar-refractivity contribution in [2.45, 2.75) is 0 Å². The molecule has 0 saturated carbocycles. The first-order chi connectivity index (χ1) is 4.39. The van der Waals surface area contributed by atoms with Crippen LogP contribution in [0.25, 0.3) is 0 Å². The van der Waals surface area contributed by atoms with Gasteiger partial charge in [0.1, 0.15) is 4.60 Å². The zero-order valence-electron chi connectivity index (χ0n) is 5.01. The van der Waals surface area contributed by atoms with Gasteiger partial charge in [-0.3, -0.25) is 0 Å². The molecule has 50 valence electrons. The van der Waals surface area contributed by atoms with Crippen molar-refractivity contribution < 1.29 is 0 Å². The SMILES string of the molecule is Brc1ccccn1.CBr. The molecule has 1 heterocycles. The van der Waals surface area contributed by atoms with Crippen LogP contribution in [0.3, 0.4) is 0 Å². The van der Waals surface area contributed by atoms with E-state index in [1.54, 1.807) is 6.20 Å². The third-order valence-electron chi connectivity index (χ3n) is 0.629. The van der Waals surface area contributed by atoms with Gasteiger partial charge < -0.3 is 0 Å². The van der Waals surface area contributed by atoms with Crippen LogP contribution in [0.4, 0.5) is 0 Å². The molecule has 0 aliphatic carbocycles. The van der Waals surface area contributed by atoms with Crippen LogP contribution < -0.4 is 0 Å². The average Bonchev–Trinajstić information content (AvgIpc) is 1.94. The number of hydrogen-bond donors (Lipinski definition) is 0. The third kappa shape index (κ3) is 4.60. The number of rotatable bonds is 0. The Labute approximate surface area is 71.8 Å². The maximum atomic E-state index is 3.90.